The minimum absolute atomic E-state index is 0.0319. The molecule has 5 heterocycles. The highest BCUT2D eigenvalue weighted by atomic mass is 35.5. The number of benzene rings is 2. The van der Waals surface area contributed by atoms with Crippen molar-refractivity contribution in [1.29, 1.82) is 0 Å². The Morgan fingerprint density at radius 2 is 1.76 bits per heavy atom. The number of halogens is 2. The number of carbonyl (C=O) groups is 2. The van der Waals surface area contributed by atoms with Crippen LogP contribution < -0.4 is 19.1 Å². The Hall–Kier alpha value is -4.58. The molecule has 0 aliphatic carbocycles. The quantitative estimate of drug-likeness (QED) is 0.138. The van der Waals surface area contributed by atoms with Gasteiger partial charge >= 0.3 is 12.1 Å². The van der Waals surface area contributed by atoms with Crippen LogP contribution >= 0.6 is 23.2 Å². The summed E-state index contributed by atoms with van der Waals surface area (Å²) >= 11 is 13.2. The van der Waals surface area contributed by atoms with E-state index in [9.17, 15) is 19.9 Å². The number of ether oxygens (including phenoxy) is 3. The minimum Gasteiger partial charge on any atom is -0.493 e. The Kier molecular flexibility index (Phi) is 10.4. The molecule has 1 amide bonds. The van der Waals surface area contributed by atoms with Crippen molar-refractivity contribution in [2.75, 3.05) is 38.8 Å². The lowest BCUT2D eigenvalue weighted by Crippen LogP contribution is -2.53. The van der Waals surface area contributed by atoms with Crippen LogP contribution in [0.3, 0.4) is 0 Å². The van der Waals surface area contributed by atoms with Crippen molar-refractivity contribution in [3.05, 3.63) is 111 Å². The molecule has 49 heavy (non-hydrogen) atoms. The molecule has 2 bridgehead atoms. The van der Waals surface area contributed by atoms with Gasteiger partial charge in [0.1, 0.15) is 22.0 Å². The third-order valence-corrected chi connectivity index (χ3v) is 10.0. The van der Waals surface area contributed by atoms with E-state index < -0.39 is 18.0 Å². The van der Waals surface area contributed by atoms with Crippen molar-refractivity contribution < 1.29 is 38.8 Å². The first-order valence-electron chi connectivity index (χ1n) is 15.9. The largest absolute Gasteiger partial charge is 0.493 e. The lowest BCUT2D eigenvalue weighted by Gasteiger charge is -2.44. The number of fused-ring (bicyclic) bond motifs is 3. The molecule has 7 rings (SSSR count). The molecule has 3 aliphatic heterocycles. The summed E-state index contributed by atoms with van der Waals surface area (Å²) < 4.78 is 18.0. The van der Waals surface area contributed by atoms with Gasteiger partial charge in [-0.05, 0) is 85.3 Å². The maximum atomic E-state index is 14.1. The van der Waals surface area contributed by atoms with Gasteiger partial charge in [-0.25, -0.2) is 14.6 Å². The lowest BCUT2D eigenvalue weighted by molar-refractivity contribution is -0.904. The molecule has 0 radical (unpaired) electrons. The number of rotatable bonds is 11. The van der Waals surface area contributed by atoms with Gasteiger partial charge in [0.15, 0.2) is 11.5 Å². The monoisotopic (exact) mass is 707 g/mol. The van der Waals surface area contributed by atoms with Gasteiger partial charge in [0.2, 0.25) is 12.4 Å². The zero-order valence-corrected chi connectivity index (χ0v) is 28.6. The Balaban J connectivity index is 1.48. The fraction of sp³-hybridized carbons (Fsp3) is 0.333. The van der Waals surface area contributed by atoms with E-state index >= 15 is 0 Å². The molecule has 4 aromatic rings. The number of hydrogen-bond acceptors (Lipinski definition) is 8. The number of nitrogens with zero attached hydrogens (tertiary/aromatic N) is 4. The number of carbonyl (C=O) groups excluding carboxylic acids is 1. The highest BCUT2D eigenvalue weighted by Gasteiger charge is 2.38. The van der Waals surface area contributed by atoms with Crippen molar-refractivity contribution in [2.24, 2.45) is 5.92 Å². The highest BCUT2D eigenvalue weighted by molar-refractivity contribution is 6.35. The maximum Gasteiger partial charge on any atom is 0.416 e. The predicted molar refractivity (Wildman–Crippen MR) is 182 cm³/mol. The van der Waals surface area contributed by atoms with E-state index in [1.165, 1.54) is 37.6 Å². The summed E-state index contributed by atoms with van der Waals surface area (Å²) in [6, 6.07) is 15.6. The van der Waals surface area contributed by atoms with Crippen molar-refractivity contribution in [1.82, 2.24) is 9.88 Å². The van der Waals surface area contributed by atoms with Gasteiger partial charge in [-0.2, -0.15) is 0 Å². The van der Waals surface area contributed by atoms with Gasteiger partial charge in [-0.15, -0.1) is 0 Å². The van der Waals surface area contributed by atoms with Crippen molar-refractivity contribution in [3.63, 3.8) is 0 Å². The number of aromatic nitrogens is 2. The van der Waals surface area contributed by atoms with Gasteiger partial charge in [0, 0.05) is 29.0 Å². The van der Waals surface area contributed by atoms with Crippen LogP contribution in [0.4, 0.5) is 10.6 Å². The van der Waals surface area contributed by atoms with Crippen LogP contribution in [0.15, 0.2) is 73.2 Å². The second-order valence-corrected chi connectivity index (χ2v) is 13.0. The topological polar surface area (TPSA) is 126 Å². The number of amides is 1. The standard InChI is InChI=1S/C36H36Cl2N4O7/c1-47-30-10-9-23(16-31(30)48-2)26(17-27-28(37)19-41(46)20-29(27)38)34-24(6-5-7-25(34)35(43)44)18-42(33-8-3-4-13-39-33)36(45)49-32-21-40-14-11-22(32)12-15-40/h3-10,13,16,19-20,22,26,32H,11-12,14-15,17-18,21H2,1-2H3,(H-,43,44,46)/p+1/t26-,32-/m0/s1. The predicted octanol–water partition coefficient (Wildman–Crippen LogP) is 6.24. The first-order chi connectivity index (χ1) is 23.7. The molecule has 2 aromatic heterocycles. The molecule has 256 valence electrons. The van der Waals surface area contributed by atoms with E-state index in [0.717, 1.165) is 30.7 Å². The summed E-state index contributed by atoms with van der Waals surface area (Å²) in [6.45, 7) is 2.64. The second-order valence-electron chi connectivity index (χ2n) is 12.2. The summed E-state index contributed by atoms with van der Waals surface area (Å²) in [6.07, 6.45) is 5.49. The minimum atomic E-state index is -1.15. The Morgan fingerprint density at radius 3 is 2.37 bits per heavy atom. The van der Waals surface area contributed by atoms with E-state index in [2.05, 4.69) is 9.88 Å². The molecule has 0 spiro atoms. The number of carboxylic acid groups (broad SMARTS) is 1. The van der Waals surface area contributed by atoms with Crippen LogP contribution in [0, 0.1) is 5.92 Å². The number of piperidine rings is 3. The van der Waals surface area contributed by atoms with Crippen molar-refractivity contribution in [2.45, 2.75) is 37.8 Å². The molecule has 2 N–H and O–H groups in total. The average Bonchev–Trinajstić information content (AvgIpc) is 3.11. The fourth-order valence-corrected chi connectivity index (χ4v) is 7.51. The first-order valence-corrected chi connectivity index (χ1v) is 16.7. The van der Waals surface area contributed by atoms with Gasteiger partial charge in [0.05, 0.1) is 26.3 Å². The van der Waals surface area contributed by atoms with E-state index in [0.29, 0.717) is 46.1 Å². The number of pyridine rings is 2. The summed E-state index contributed by atoms with van der Waals surface area (Å²) in [7, 11) is 3.05. The van der Waals surface area contributed by atoms with Crippen LogP contribution in [0.1, 0.15) is 51.4 Å². The zero-order valence-electron chi connectivity index (χ0n) is 27.1. The van der Waals surface area contributed by atoms with Gasteiger partial charge in [-0.3, -0.25) is 15.0 Å². The van der Waals surface area contributed by atoms with Crippen LogP contribution in [-0.2, 0) is 17.7 Å². The van der Waals surface area contributed by atoms with Gasteiger partial charge in [-0.1, -0.05) is 47.5 Å². The Morgan fingerprint density at radius 1 is 1.02 bits per heavy atom. The summed E-state index contributed by atoms with van der Waals surface area (Å²) in [5.41, 5.74) is 2.19. The summed E-state index contributed by atoms with van der Waals surface area (Å²) in [5.74, 6) is -0.238. The third kappa shape index (κ3) is 7.39. The van der Waals surface area contributed by atoms with Crippen LogP contribution in [-0.4, -0.2) is 72.2 Å². The molecule has 0 unspecified atom stereocenters. The molecule has 13 heteroatoms. The Bertz CT molecular complexity index is 1810. The molecule has 3 saturated heterocycles. The van der Waals surface area contributed by atoms with Crippen LogP contribution in [0.5, 0.6) is 11.5 Å². The number of aromatic carboxylic acids is 1. The smallest absolute Gasteiger partial charge is 0.416 e. The van der Waals surface area contributed by atoms with E-state index in [1.54, 1.807) is 48.7 Å². The lowest BCUT2D eigenvalue weighted by atomic mass is 9.80. The Labute approximate surface area is 294 Å². The van der Waals surface area contributed by atoms with Crippen LogP contribution in [0.2, 0.25) is 10.0 Å². The zero-order chi connectivity index (χ0) is 34.7. The molecule has 0 saturated carbocycles. The summed E-state index contributed by atoms with van der Waals surface area (Å²) in [4.78, 5) is 35.2. The second kappa shape index (κ2) is 14.9. The normalized spacial score (nSPS) is 18.8. The average molecular weight is 709 g/mol. The van der Waals surface area contributed by atoms with Crippen molar-refractivity contribution >= 4 is 41.1 Å². The number of methoxy groups -OCH3 is 2. The SMILES string of the molecule is COc1ccc([C@H](Cc2c(Cl)c[n+](O)cc2Cl)c2c(CN(C(=O)O[C@H]3CN4CCC3CC4)c3ccccn3)cccc2C(=O)O)cc1OC. The number of carboxylic acids is 1. The van der Waals surface area contributed by atoms with E-state index in [1.807, 2.05) is 6.07 Å². The first kappa shape index (κ1) is 34.3. The van der Waals surface area contributed by atoms with E-state index in [-0.39, 0.29) is 40.6 Å². The van der Waals surface area contributed by atoms with Crippen LogP contribution in [0.25, 0.3) is 0 Å². The van der Waals surface area contributed by atoms with Gasteiger partial charge < -0.3 is 19.3 Å². The molecule has 3 fully saturated rings. The molecule has 2 atom stereocenters. The van der Waals surface area contributed by atoms with E-state index in [4.69, 9.17) is 37.4 Å². The molecule has 2 aromatic carbocycles. The fourth-order valence-electron chi connectivity index (χ4n) is 6.90. The van der Waals surface area contributed by atoms with Crippen molar-refractivity contribution in [3.8, 4) is 11.5 Å². The number of hydrogen-bond donors (Lipinski definition) is 2. The molecular weight excluding hydrogens is 671 g/mol. The number of anilines is 1. The molecule has 3 aliphatic rings. The summed E-state index contributed by atoms with van der Waals surface area (Å²) in [5, 5.41) is 21.0. The van der Waals surface area contributed by atoms with Gasteiger partial charge in [0.25, 0.3) is 0 Å². The maximum absolute atomic E-state index is 14.1. The highest BCUT2D eigenvalue weighted by Crippen LogP contribution is 2.41. The molecule has 11 nitrogen and oxygen atoms in total. The molecular formula is C36H37Cl2N4O7+. The third-order valence-electron chi connectivity index (χ3n) is 9.38.